The number of halogens is 3. The number of nitrogens with zero attached hydrogens (tertiary/aromatic N) is 2. The molecular weight excluding hydrogens is 270 g/mol. The number of hydrogen-bond donors (Lipinski definition) is 0. The van der Waals surface area contributed by atoms with Crippen molar-refractivity contribution in [1.29, 1.82) is 0 Å². The number of rotatable bonds is 1. The van der Waals surface area contributed by atoms with Gasteiger partial charge in [0.05, 0.1) is 10.7 Å². The molecule has 2 rings (SSSR count). The molecule has 0 fully saturated rings. The summed E-state index contributed by atoms with van der Waals surface area (Å²) < 4.78 is 15.5. The molecule has 14 heavy (non-hydrogen) atoms. The molecule has 1 heterocycles. The average molecular weight is 276 g/mol. The van der Waals surface area contributed by atoms with Crippen LogP contribution in [0.4, 0.5) is 4.39 Å². The van der Waals surface area contributed by atoms with Gasteiger partial charge in [-0.15, -0.1) is 0 Å². The molecule has 0 N–H and O–H groups in total. The lowest BCUT2D eigenvalue weighted by atomic mass is 10.3. The Kier molecular flexibility index (Phi) is 2.56. The van der Waals surface area contributed by atoms with Crippen molar-refractivity contribution in [2.45, 2.75) is 0 Å². The fourth-order valence-electron chi connectivity index (χ4n) is 1.09. The van der Waals surface area contributed by atoms with Gasteiger partial charge in [-0.1, -0.05) is 11.6 Å². The van der Waals surface area contributed by atoms with Gasteiger partial charge >= 0.3 is 0 Å². The zero-order chi connectivity index (χ0) is 10.1. The number of hydrogen-bond acceptors (Lipinski definition) is 1. The summed E-state index contributed by atoms with van der Waals surface area (Å²) in [5, 5.41) is 4.44. The van der Waals surface area contributed by atoms with Gasteiger partial charge in [0, 0.05) is 11.2 Å². The van der Waals surface area contributed by atoms with Crippen molar-refractivity contribution in [1.82, 2.24) is 9.78 Å². The first-order chi connectivity index (χ1) is 6.66. The lowest BCUT2D eigenvalue weighted by Gasteiger charge is -2.02. The minimum absolute atomic E-state index is 0.336. The topological polar surface area (TPSA) is 17.8 Å². The van der Waals surface area contributed by atoms with Gasteiger partial charge in [-0.25, -0.2) is 9.07 Å². The molecule has 0 atom stereocenters. The minimum atomic E-state index is -0.356. The van der Waals surface area contributed by atoms with Crippen molar-refractivity contribution < 1.29 is 4.39 Å². The van der Waals surface area contributed by atoms with E-state index in [0.717, 1.165) is 4.47 Å². The summed E-state index contributed by atoms with van der Waals surface area (Å²) in [5.41, 5.74) is 0.336. The zero-order valence-electron chi connectivity index (χ0n) is 6.92. The van der Waals surface area contributed by atoms with Gasteiger partial charge in [-0.2, -0.15) is 5.10 Å². The molecule has 0 unspecified atom stereocenters. The van der Waals surface area contributed by atoms with Crippen LogP contribution in [0.1, 0.15) is 0 Å². The van der Waals surface area contributed by atoms with Crippen LogP contribution in [0.2, 0.25) is 5.02 Å². The van der Waals surface area contributed by atoms with E-state index in [1.54, 1.807) is 12.4 Å². The van der Waals surface area contributed by atoms with Crippen LogP contribution in [0.15, 0.2) is 35.1 Å². The summed E-state index contributed by atoms with van der Waals surface area (Å²) in [5.74, 6) is -0.356. The van der Waals surface area contributed by atoms with E-state index in [-0.39, 0.29) is 5.82 Å². The normalized spacial score (nSPS) is 10.5. The highest BCUT2D eigenvalue weighted by Crippen LogP contribution is 2.19. The van der Waals surface area contributed by atoms with E-state index in [1.165, 1.54) is 22.9 Å². The van der Waals surface area contributed by atoms with Gasteiger partial charge in [-0.05, 0) is 34.1 Å². The van der Waals surface area contributed by atoms with Gasteiger partial charge < -0.3 is 0 Å². The van der Waals surface area contributed by atoms with Gasteiger partial charge in [0.1, 0.15) is 11.5 Å². The van der Waals surface area contributed by atoms with E-state index in [4.69, 9.17) is 11.6 Å². The average Bonchev–Trinajstić information content (AvgIpc) is 2.56. The molecule has 0 aliphatic rings. The standard InChI is InChI=1S/C9H5BrClFN2/c10-6-4-13-14(5-6)9-3-7(11)1-2-8(9)12/h1-5H. The second-order valence-corrected chi connectivity index (χ2v) is 4.05. The summed E-state index contributed by atoms with van der Waals surface area (Å²) in [7, 11) is 0. The summed E-state index contributed by atoms with van der Waals surface area (Å²) in [6, 6.07) is 4.34. The molecule has 5 heteroatoms. The van der Waals surface area contributed by atoms with E-state index in [9.17, 15) is 4.39 Å². The maximum absolute atomic E-state index is 13.3. The van der Waals surface area contributed by atoms with Crippen molar-refractivity contribution in [2.24, 2.45) is 0 Å². The molecule has 2 aromatic rings. The molecule has 72 valence electrons. The van der Waals surface area contributed by atoms with E-state index in [1.807, 2.05) is 0 Å². The smallest absolute Gasteiger partial charge is 0.148 e. The van der Waals surface area contributed by atoms with Crippen molar-refractivity contribution >= 4 is 27.5 Å². The van der Waals surface area contributed by atoms with E-state index >= 15 is 0 Å². The predicted octanol–water partition coefficient (Wildman–Crippen LogP) is 3.43. The van der Waals surface area contributed by atoms with Crippen LogP contribution < -0.4 is 0 Å². The third kappa shape index (κ3) is 1.81. The molecule has 0 spiro atoms. The SMILES string of the molecule is Fc1ccc(Cl)cc1-n1cc(Br)cn1. The van der Waals surface area contributed by atoms with E-state index < -0.39 is 0 Å². The van der Waals surface area contributed by atoms with Crippen LogP contribution in [-0.4, -0.2) is 9.78 Å². The Balaban J connectivity index is 2.55. The monoisotopic (exact) mass is 274 g/mol. The Bertz CT molecular complexity index is 470. The molecule has 0 aliphatic carbocycles. The van der Waals surface area contributed by atoms with Crippen LogP contribution in [-0.2, 0) is 0 Å². The Morgan fingerprint density at radius 1 is 1.43 bits per heavy atom. The summed E-state index contributed by atoms with van der Waals surface area (Å²) in [6.45, 7) is 0. The molecule has 1 aromatic carbocycles. The molecule has 0 bridgehead atoms. The highest BCUT2D eigenvalue weighted by molar-refractivity contribution is 9.10. The maximum Gasteiger partial charge on any atom is 0.148 e. The van der Waals surface area contributed by atoms with E-state index in [2.05, 4.69) is 21.0 Å². The summed E-state index contributed by atoms with van der Waals surface area (Å²) in [4.78, 5) is 0. The second kappa shape index (κ2) is 3.71. The number of benzene rings is 1. The van der Waals surface area contributed by atoms with Crippen molar-refractivity contribution in [2.75, 3.05) is 0 Å². The van der Waals surface area contributed by atoms with Crippen molar-refractivity contribution in [3.63, 3.8) is 0 Å². The largest absolute Gasteiger partial charge is 0.237 e. The Morgan fingerprint density at radius 3 is 2.86 bits per heavy atom. The first-order valence-electron chi connectivity index (χ1n) is 3.82. The van der Waals surface area contributed by atoms with Crippen LogP contribution in [0, 0.1) is 5.82 Å². The summed E-state index contributed by atoms with van der Waals surface area (Å²) >= 11 is 8.99. The molecule has 0 saturated heterocycles. The predicted molar refractivity (Wildman–Crippen MR) is 56.2 cm³/mol. The third-order valence-electron chi connectivity index (χ3n) is 1.71. The fraction of sp³-hybridized carbons (Fsp3) is 0. The number of aromatic nitrogens is 2. The lowest BCUT2D eigenvalue weighted by Crippen LogP contribution is -1.97. The van der Waals surface area contributed by atoms with Gasteiger partial charge in [0.25, 0.3) is 0 Å². The van der Waals surface area contributed by atoms with Gasteiger partial charge in [0.15, 0.2) is 0 Å². The maximum atomic E-state index is 13.3. The third-order valence-corrected chi connectivity index (χ3v) is 2.35. The fourth-order valence-corrected chi connectivity index (χ4v) is 1.55. The molecule has 1 aromatic heterocycles. The molecule has 0 radical (unpaired) electrons. The van der Waals surface area contributed by atoms with Crippen LogP contribution >= 0.6 is 27.5 Å². The highest BCUT2D eigenvalue weighted by Gasteiger charge is 2.06. The molecular formula is C9H5BrClFN2. The van der Waals surface area contributed by atoms with Gasteiger partial charge in [-0.3, -0.25) is 0 Å². The van der Waals surface area contributed by atoms with Crippen LogP contribution in [0.3, 0.4) is 0 Å². The van der Waals surface area contributed by atoms with Crippen molar-refractivity contribution in [3.8, 4) is 5.69 Å². The molecule has 0 aliphatic heterocycles. The molecule has 0 saturated carbocycles. The van der Waals surface area contributed by atoms with Crippen LogP contribution in [0.5, 0.6) is 0 Å². The van der Waals surface area contributed by atoms with E-state index in [0.29, 0.717) is 10.7 Å². The van der Waals surface area contributed by atoms with Crippen LogP contribution in [0.25, 0.3) is 5.69 Å². The zero-order valence-corrected chi connectivity index (χ0v) is 9.26. The molecule has 0 amide bonds. The molecule has 2 nitrogen and oxygen atoms in total. The Morgan fingerprint density at radius 2 is 2.21 bits per heavy atom. The Labute approximate surface area is 93.4 Å². The van der Waals surface area contributed by atoms with Crippen molar-refractivity contribution in [3.05, 3.63) is 45.9 Å². The highest BCUT2D eigenvalue weighted by atomic mass is 79.9. The Hall–Kier alpha value is -0.870. The minimum Gasteiger partial charge on any atom is -0.237 e. The summed E-state index contributed by atoms with van der Waals surface area (Å²) in [6.07, 6.45) is 3.25. The lowest BCUT2D eigenvalue weighted by molar-refractivity contribution is 0.611. The quantitative estimate of drug-likeness (QED) is 0.780. The second-order valence-electron chi connectivity index (χ2n) is 2.70. The van der Waals surface area contributed by atoms with Gasteiger partial charge in [0.2, 0.25) is 0 Å². The first kappa shape index (κ1) is 9.68. The first-order valence-corrected chi connectivity index (χ1v) is 4.99.